The van der Waals surface area contributed by atoms with Crippen LogP contribution in [0.15, 0.2) is 54.6 Å². The van der Waals surface area contributed by atoms with Gasteiger partial charge in [-0.15, -0.1) is 0 Å². The van der Waals surface area contributed by atoms with E-state index in [-0.39, 0.29) is 5.56 Å². The average Bonchev–Trinajstić information content (AvgIpc) is 3.14. The Morgan fingerprint density at radius 2 is 1.73 bits per heavy atom. The number of fused-ring (bicyclic) bond motifs is 1. The van der Waals surface area contributed by atoms with Crippen LogP contribution in [0.2, 0.25) is 0 Å². The molecule has 0 bridgehead atoms. The maximum atomic E-state index is 13.1. The van der Waals surface area contributed by atoms with Gasteiger partial charge in [-0.2, -0.15) is 5.10 Å². The Bertz CT molecular complexity index is 1350. The molecular formula is C25H23N3O5. The van der Waals surface area contributed by atoms with Crippen LogP contribution in [0.5, 0.6) is 11.5 Å². The van der Waals surface area contributed by atoms with Crippen molar-refractivity contribution in [2.75, 3.05) is 20.8 Å². The van der Waals surface area contributed by atoms with Gasteiger partial charge < -0.3 is 14.2 Å². The molecule has 168 valence electrons. The Hall–Kier alpha value is -4.20. The normalized spacial score (nSPS) is 10.8. The zero-order valence-corrected chi connectivity index (χ0v) is 18.8. The highest BCUT2D eigenvalue weighted by Crippen LogP contribution is 2.28. The molecule has 0 aliphatic rings. The molecule has 2 heterocycles. The molecule has 0 saturated carbocycles. The Kier molecular flexibility index (Phi) is 6.08. The summed E-state index contributed by atoms with van der Waals surface area (Å²) in [6, 6.07) is 16.1. The molecule has 0 amide bonds. The number of esters is 1. The summed E-state index contributed by atoms with van der Waals surface area (Å²) >= 11 is 0. The highest BCUT2D eigenvalue weighted by Gasteiger charge is 2.22. The number of methoxy groups -OCH3 is 2. The predicted octanol–water partition coefficient (Wildman–Crippen LogP) is 4.00. The largest absolute Gasteiger partial charge is 0.497 e. The molecule has 2 aromatic carbocycles. The molecule has 8 nitrogen and oxygen atoms in total. The molecule has 0 aliphatic heterocycles. The Morgan fingerprint density at radius 1 is 0.970 bits per heavy atom. The van der Waals surface area contributed by atoms with Gasteiger partial charge in [0.05, 0.1) is 42.1 Å². The fourth-order valence-electron chi connectivity index (χ4n) is 3.68. The van der Waals surface area contributed by atoms with Crippen LogP contribution in [0.1, 0.15) is 26.4 Å². The summed E-state index contributed by atoms with van der Waals surface area (Å²) in [5.41, 5.74) is 3.24. The molecule has 4 aromatic rings. The number of nitrogens with zero attached hydrogens (tertiary/aromatic N) is 3. The van der Waals surface area contributed by atoms with Crippen LogP contribution in [0, 0.1) is 6.92 Å². The molecule has 33 heavy (non-hydrogen) atoms. The smallest absolute Gasteiger partial charge is 0.339 e. The van der Waals surface area contributed by atoms with Gasteiger partial charge in [-0.1, -0.05) is 30.3 Å². The first-order valence-electron chi connectivity index (χ1n) is 10.2. The molecule has 0 spiro atoms. The third kappa shape index (κ3) is 4.27. The maximum Gasteiger partial charge on any atom is 0.339 e. The SMILES string of the molecule is COc1ccc(OC)c(C(=O)COC(=O)c2cc(-c3ccccc3)nc3c2c(C)nn3C)c1. The Balaban J connectivity index is 1.67. The van der Waals surface area contributed by atoms with Gasteiger partial charge in [0.2, 0.25) is 5.78 Å². The quantitative estimate of drug-likeness (QED) is 0.314. The minimum Gasteiger partial charge on any atom is -0.497 e. The van der Waals surface area contributed by atoms with E-state index < -0.39 is 18.4 Å². The number of aromatic nitrogens is 3. The van der Waals surface area contributed by atoms with Crippen molar-refractivity contribution in [2.24, 2.45) is 7.05 Å². The highest BCUT2D eigenvalue weighted by atomic mass is 16.5. The fourth-order valence-corrected chi connectivity index (χ4v) is 3.68. The topological polar surface area (TPSA) is 92.5 Å². The minimum atomic E-state index is -0.633. The number of hydrogen-bond acceptors (Lipinski definition) is 7. The lowest BCUT2D eigenvalue weighted by molar-refractivity contribution is 0.0476. The van der Waals surface area contributed by atoms with Crippen LogP contribution in [0.4, 0.5) is 0 Å². The van der Waals surface area contributed by atoms with Gasteiger partial charge in [0.1, 0.15) is 11.5 Å². The zero-order valence-electron chi connectivity index (χ0n) is 18.8. The molecule has 2 aromatic heterocycles. The van der Waals surface area contributed by atoms with Crippen molar-refractivity contribution in [3.05, 3.63) is 71.4 Å². The Labute approximate surface area is 190 Å². The van der Waals surface area contributed by atoms with E-state index in [4.69, 9.17) is 14.2 Å². The first-order chi connectivity index (χ1) is 15.9. The van der Waals surface area contributed by atoms with E-state index in [1.54, 1.807) is 42.9 Å². The van der Waals surface area contributed by atoms with Crippen molar-refractivity contribution < 1.29 is 23.8 Å². The van der Waals surface area contributed by atoms with Crippen LogP contribution in [-0.4, -0.2) is 47.3 Å². The predicted molar refractivity (Wildman–Crippen MR) is 123 cm³/mol. The van der Waals surface area contributed by atoms with Crippen LogP contribution >= 0.6 is 0 Å². The summed E-state index contributed by atoms with van der Waals surface area (Å²) in [6.07, 6.45) is 0. The Morgan fingerprint density at radius 3 is 2.42 bits per heavy atom. The molecule has 0 aliphatic carbocycles. The number of aryl methyl sites for hydroxylation is 2. The van der Waals surface area contributed by atoms with Crippen LogP contribution in [0.3, 0.4) is 0 Å². The molecule has 0 atom stereocenters. The minimum absolute atomic E-state index is 0.270. The molecule has 8 heteroatoms. The monoisotopic (exact) mass is 445 g/mol. The maximum absolute atomic E-state index is 13.1. The van der Waals surface area contributed by atoms with Crippen molar-refractivity contribution in [3.8, 4) is 22.8 Å². The highest BCUT2D eigenvalue weighted by molar-refractivity contribution is 6.07. The second kappa shape index (κ2) is 9.12. The summed E-state index contributed by atoms with van der Waals surface area (Å²) in [7, 11) is 4.74. The molecule has 0 radical (unpaired) electrons. The number of rotatable bonds is 7. The third-order valence-corrected chi connectivity index (χ3v) is 5.30. The van der Waals surface area contributed by atoms with E-state index >= 15 is 0 Å². The van der Waals surface area contributed by atoms with E-state index in [0.29, 0.717) is 39.5 Å². The van der Waals surface area contributed by atoms with Crippen molar-refractivity contribution >= 4 is 22.8 Å². The second-order valence-electron chi connectivity index (χ2n) is 7.39. The van der Waals surface area contributed by atoms with E-state index in [1.165, 1.54) is 14.2 Å². The van der Waals surface area contributed by atoms with Gasteiger partial charge in [0.15, 0.2) is 12.3 Å². The molecule has 0 saturated heterocycles. The summed E-state index contributed by atoms with van der Waals surface area (Å²) in [6.45, 7) is 1.35. The van der Waals surface area contributed by atoms with Crippen molar-refractivity contribution in [2.45, 2.75) is 6.92 Å². The fraction of sp³-hybridized carbons (Fsp3) is 0.200. The summed E-state index contributed by atoms with van der Waals surface area (Å²) in [5, 5.41) is 4.99. The first-order valence-corrected chi connectivity index (χ1v) is 10.2. The van der Waals surface area contributed by atoms with Gasteiger partial charge in [-0.3, -0.25) is 9.48 Å². The third-order valence-electron chi connectivity index (χ3n) is 5.30. The average molecular weight is 445 g/mol. The second-order valence-corrected chi connectivity index (χ2v) is 7.39. The lowest BCUT2D eigenvalue weighted by atomic mass is 10.1. The van der Waals surface area contributed by atoms with E-state index in [2.05, 4.69) is 10.1 Å². The molecule has 0 unspecified atom stereocenters. The van der Waals surface area contributed by atoms with Gasteiger partial charge in [-0.05, 0) is 31.2 Å². The summed E-state index contributed by atoms with van der Waals surface area (Å²) in [5.74, 6) is -0.168. The van der Waals surface area contributed by atoms with Gasteiger partial charge in [-0.25, -0.2) is 9.78 Å². The summed E-state index contributed by atoms with van der Waals surface area (Å²) in [4.78, 5) is 30.6. The number of pyridine rings is 1. The number of ketones is 1. The number of carbonyl (C=O) groups is 2. The molecular weight excluding hydrogens is 422 g/mol. The summed E-state index contributed by atoms with van der Waals surface area (Å²) < 4.78 is 17.5. The van der Waals surface area contributed by atoms with E-state index in [0.717, 1.165) is 5.56 Å². The molecule has 0 N–H and O–H groups in total. The van der Waals surface area contributed by atoms with Gasteiger partial charge in [0, 0.05) is 12.6 Å². The van der Waals surface area contributed by atoms with Crippen LogP contribution in [-0.2, 0) is 11.8 Å². The number of Topliss-reactive ketones (excluding diaryl/α,β-unsaturated/α-hetero) is 1. The zero-order chi connectivity index (χ0) is 23.5. The number of carbonyl (C=O) groups excluding carboxylic acids is 2. The van der Waals surface area contributed by atoms with Gasteiger partial charge >= 0.3 is 5.97 Å². The standard InChI is InChI=1S/C25H23N3O5/c1-15-23-19(13-20(16-8-6-5-7-9-16)26-24(23)28(2)27-15)25(30)33-14-21(29)18-12-17(31-3)10-11-22(18)32-4/h5-13H,14H2,1-4H3. The lowest BCUT2D eigenvalue weighted by Gasteiger charge is -2.11. The molecule has 0 fully saturated rings. The van der Waals surface area contributed by atoms with Crippen molar-refractivity contribution in [1.29, 1.82) is 0 Å². The van der Waals surface area contributed by atoms with Crippen molar-refractivity contribution in [3.63, 3.8) is 0 Å². The van der Waals surface area contributed by atoms with E-state index in [9.17, 15) is 9.59 Å². The number of hydrogen-bond donors (Lipinski definition) is 0. The number of benzene rings is 2. The van der Waals surface area contributed by atoms with Gasteiger partial charge in [0.25, 0.3) is 0 Å². The van der Waals surface area contributed by atoms with Crippen LogP contribution in [0.25, 0.3) is 22.3 Å². The first kappa shape index (κ1) is 22.0. The lowest BCUT2D eigenvalue weighted by Crippen LogP contribution is -2.16. The van der Waals surface area contributed by atoms with E-state index in [1.807, 2.05) is 30.3 Å². The van der Waals surface area contributed by atoms with Crippen molar-refractivity contribution in [1.82, 2.24) is 14.8 Å². The molecule has 4 rings (SSSR count). The van der Waals surface area contributed by atoms with Crippen LogP contribution < -0.4 is 9.47 Å². The number of ether oxygens (including phenoxy) is 3.